The number of halogens is 1. The maximum atomic E-state index is 12.2. The number of benzene rings is 1. The number of H-pyrrole nitrogens is 1. The third-order valence-electron chi connectivity index (χ3n) is 3.34. The maximum Gasteiger partial charge on any atom is 0.246 e. The molecule has 4 nitrogen and oxygen atoms in total. The molecule has 1 N–H and O–H groups in total. The van der Waals surface area contributed by atoms with Crippen LogP contribution in [0.15, 0.2) is 36.5 Å². The minimum Gasteiger partial charge on any atom is -0.367 e. The number of alkyl halides is 1. The van der Waals surface area contributed by atoms with Gasteiger partial charge in [-0.05, 0) is 18.2 Å². The lowest BCUT2D eigenvalue weighted by atomic mass is 10.2. The Kier molecular flexibility index (Phi) is 2.95. The van der Waals surface area contributed by atoms with Crippen LogP contribution in [0.1, 0.15) is 5.69 Å². The first-order valence-corrected chi connectivity index (χ1v) is 6.61. The third kappa shape index (κ3) is 1.88. The number of hydrogen-bond donors (Lipinski definition) is 1. The number of nitrogens with zero attached hydrogens (tertiary/aromatic N) is 2. The quantitative estimate of drug-likeness (QED) is 0.813. The van der Waals surface area contributed by atoms with Gasteiger partial charge in [-0.1, -0.05) is 12.1 Å². The average Bonchev–Trinajstić information content (AvgIpc) is 2.83. The van der Waals surface area contributed by atoms with Crippen LogP contribution in [0.2, 0.25) is 0 Å². The van der Waals surface area contributed by atoms with Crippen molar-refractivity contribution in [2.45, 2.75) is 6.54 Å². The van der Waals surface area contributed by atoms with Crippen molar-refractivity contribution in [3.8, 4) is 0 Å². The summed E-state index contributed by atoms with van der Waals surface area (Å²) in [6.07, 6.45) is 1.85. The molecule has 0 aliphatic carbocycles. The molecule has 0 saturated heterocycles. The largest absolute Gasteiger partial charge is 0.367 e. The molecule has 0 atom stereocenters. The van der Waals surface area contributed by atoms with Gasteiger partial charge < -0.3 is 9.88 Å². The topological polar surface area (TPSA) is 39.3 Å². The first-order chi connectivity index (χ1) is 9.22. The van der Waals surface area contributed by atoms with Crippen molar-refractivity contribution in [1.29, 1.82) is 0 Å². The van der Waals surface area contributed by atoms with Crippen LogP contribution in [0.25, 0.3) is 0 Å². The SMILES string of the molecule is CN1Cc2[nH]ccc2N(C(=O)CCl)c2ccccc21. The summed E-state index contributed by atoms with van der Waals surface area (Å²) in [5.74, 6) is -0.159. The lowest BCUT2D eigenvalue weighted by Gasteiger charge is -2.23. The van der Waals surface area contributed by atoms with E-state index in [-0.39, 0.29) is 11.8 Å². The molecule has 0 bridgehead atoms. The molecule has 0 spiro atoms. The number of carbonyl (C=O) groups is 1. The average molecular weight is 276 g/mol. The fourth-order valence-corrected chi connectivity index (χ4v) is 2.61. The van der Waals surface area contributed by atoms with E-state index in [1.165, 1.54) is 0 Å². The molecule has 1 amide bonds. The Labute approximate surface area is 116 Å². The predicted octanol–water partition coefficient (Wildman–Crippen LogP) is 2.87. The first kappa shape index (κ1) is 12.1. The van der Waals surface area contributed by atoms with E-state index in [1.54, 1.807) is 4.90 Å². The van der Waals surface area contributed by atoms with E-state index < -0.39 is 0 Å². The second-order valence-electron chi connectivity index (χ2n) is 4.55. The summed E-state index contributed by atoms with van der Waals surface area (Å²) in [6, 6.07) is 9.76. The maximum absolute atomic E-state index is 12.2. The van der Waals surface area contributed by atoms with Gasteiger partial charge in [0.15, 0.2) is 0 Å². The minimum absolute atomic E-state index is 0.0390. The monoisotopic (exact) mass is 275 g/mol. The lowest BCUT2D eigenvalue weighted by molar-refractivity contribution is -0.115. The van der Waals surface area contributed by atoms with E-state index in [9.17, 15) is 4.79 Å². The normalized spacial score (nSPS) is 13.8. The lowest BCUT2D eigenvalue weighted by Crippen LogP contribution is -2.27. The highest BCUT2D eigenvalue weighted by molar-refractivity contribution is 6.30. The van der Waals surface area contributed by atoms with Gasteiger partial charge >= 0.3 is 0 Å². The Morgan fingerprint density at radius 3 is 2.74 bits per heavy atom. The van der Waals surface area contributed by atoms with Crippen molar-refractivity contribution in [2.24, 2.45) is 0 Å². The number of nitrogens with one attached hydrogen (secondary N) is 1. The number of fused-ring (bicyclic) bond motifs is 2. The standard InChI is InChI=1S/C14H14ClN3O/c1-17-9-10-11(6-7-16-10)18(14(19)8-15)13-5-3-2-4-12(13)17/h2-7,16H,8-9H2,1H3. The summed E-state index contributed by atoms with van der Waals surface area (Å²) in [7, 11) is 2.01. The molecule has 0 unspecified atom stereocenters. The highest BCUT2D eigenvalue weighted by Crippen LogP contribution is 2.39. The second-order valence-corrected chi connectivity index (χ2v) is 4.82. The van der Waals surface area contributed by atoms with Gasteiger partial charge in [0.1, 0.15) is 5.88 Å². The van der Waals surface area contributed by atoms with Crippen LogP contribution < -0.4 is 9.80 Å². The van der Waals surface area contributed by atoms with Crippen LogP contribution in [-0.4, -0.2) is 23.8 Å². The van der Waals surface area contributed by atoms with Gasteiger partial charge in [0.25, 0.3) is 0 Å². The summed E-state index contributed by atoms with van der Waals surface area (Å²) in [5.41, 5.74) is 3.78. The Bertz CT molecular complexity index is 623. The number of hydrogen-bond acceptors (Lipinski definition) is 2. The van der Waals surface area contributed by atoms with E-state index in [0.717, 1.165) is 29.3 Å². The number of aromatic amines is 1. The van der Waals surface area contributed by atoms with Crippen molar-refractivity contribution in [2.75, 3.05) is 22.7 Å². The van der Waals surface area contributed by atoms with Crippen molar-refractivity contribution < 1.29 is 4.79 Å². The third-order valence-corrected chi connectivity index (χ3v) is 3.57. The summed E-state index contributed by atoms with van der Waals surface area (Å²) in [6.45, 7) is 0.728. The molecule has 1 aliphatic rings. The molecule has 0 fully saturated rings. The van der Waals surface area contributed by atoms with Gasteiger partial charge in [-0.25, -0.2) is 0 Å². The molecule has 2 heterocycles. The molecule has 19 heavy (non-hydrogen) atoms. The van der Waals surface area contributed by atoms with E-state index in [1.807, 2.05) is 43.6 Å². The van der Waals surface area contributed by atoms with Gasteiger partial charge in [-0.3, -0.25) is 9.69 Å². The number of aromatic nitrogens is 1. The van der Waals surface area contributed by atoms with E-state index in [0.29, 0.717) is 0 Å². The zero-order chi connectivity index (χ0) is 13.4. The van der Waals surface area contributed by atoms with Gasteiger partial charge in [0.05, 0.1) is 29.3 Å². The predicted molar refractivity (Wildman–Crippen MR) is 77.2 cm³/mol. The molecule has 0 radical (unpaired) electrons. The van der Waals surface area contributed by atoms with Crippen molar-refractivity contribution in [3.05, 3.63) is 42.2 Å². The molecule has 5 heteroatoms. The smallest absolute Gasteiger partial charge is 0.246 e. The van der Waals surface area contributed by atoms with Crippen molar-refractivity contribution >= 4 is 34.6 Å². The fraction of sp³-hybridized carbons (Fsp3) is 0.214. The highest BCUT2D eigenvalue weighted by atomic mass is 35.5. The van der Waals surface area contributed by atoms with Gasteiger partial charge in [0, 0.05) is 13.2 Å². The molecule has 98 valence electrons. The molecule has 1 aromatic carbocycles. The number of rotatable bonds is 1. The summed E-state index contributed by atoms with van der Waals surface area (Å²) in [4.78, 5) is 19.2. The summed E-state index contributed by atoms with van der Waals surface area (Å²) >= 11 is 5.76. The van der Waals surface area contributed by atoms with Crippen LogP contribution in [0.4, 0.5) is 17.1 Å². The number of amides is 1. The molecule has 2 aromatic rings. The molecular formula is C14H14ClN3O. The van der Waals surface area contributed by atoms with E-state index in [4.69, 9.17) is 11.6 Å². The summed E-state index contributed by atoms with van der Waals surface area (Å²) in [5, 5.41) is 0. The first-order valence-electron chi connectivity index (χ1n) is 6.07. The van der Waals surface area contributed by atoms with E-state index in [2.05, 4.69) is 9.88 Å². The van der Waals surface area contributed by atoms with Crippen LogP contribution in [-0.2, 0) is 11.3 Å². The van der Waals surface area contributed by atoms with Gasteiger partial charge in [0.2, 0.25) is 5.91 Å². The Hall–Kier alpha value is -1.94. The minimum atomic E-state index is -0.120. The van der Waals surface area contributed by atoms with Gasteiger partial charge in [-0.15, -0.1) is 11.6 Å². The molecule has 1 aliphatic heterocycles. The fourth-order valence-electron chi connectivity index (χ4n) is 2.49. The summed E-state index contributed by atoms with van der Waals surface area (Å²) < 4.78 is 0. The second kappa shape index (κ2) is 4.63. The van der Waals surface area contributed by atoms with Crippen molar-refractivity contribution in [3.63, 3.8) is 0 Å². The number of para-hydroxylation sites is 2. The molecule has 0 saturated carbocycles. The van der Waals surface area contributed by atoms with Crippen LogP contribution in [0.3, 0.4) is 0 Å². The van der Waals surface area contributed by atoms with Crippen LogP contribution in [0, 0.1) is 0 Å². The van der Waals surface area contributed by atoms with Gasteiger partial charge in [-0.2, -0.15) is 0 Å². The van der Waals surface area contributed by atoms with Crippen LogP contribution >= 0.6 is 11.6 Å². The molecule has 3 rings (SSSR count). The Morgan fingerprint density at radius 2 is 2.00 bits per heavy atom. The van der Waals surface area contributed by atoms with E-state index >= 15 is 0 Å². The molecule has 1 aromatic heterocycles. The highest BCUT2D eigenvalue weighted by Gasteiger charge is 2.27. The number of carbonyl (C=O) groups excluding carboxylic acids is 1. The Balaban J connectivity index is 2.24. The molecular weight excluding hydrogens is 262 g/mol. The number of anilines is 3. The zero-order valence-electron chi connectivity index (χ0n) is 10.6. The Morgan fingerprint density at radius 1 is 1.26 bits per heavy atom. The van der Waals surface area contributed by atoms with Crippen LogP contribution in [0.5, 0.6) is 0 Å². The van der Waals surface area contributed by atoms with Crippen molar-refractivity contribution in [1.82, 2.24) is 4.98 Å². The zero-order valence-corrected chi connectivity index (χ0v) is 11.3.